The Morgan fingerprint density at radius 1 is 1.15 bits per heavy atom. The molecule has 1 amide bonds. The minimum absolute atomic E-state index is 0.00820. The second-order valence-electron chi connectivity index (χ2n) is 5.97. The third-order valence-corrected chi connectivity index (χ3v) is 6.22. The lowest BCUT2D eigenvalue weighted by Gasteiger charge is -2.34. The minimum atomic E-state index is -4.11. The molecule has 0 bridgehead atoms. The Labute approximate surface area is 149 Å². The molecule has 26 heavy (non-hydrogen) atoms. The Kier molecular flexibility index (Phi) is 4.80. The lowest BCUT2D eigenvalue weighted by atomic mass is 10.1. The summed E-state index contributed by atoms with van der Waals surface area (Å²) in [6.07, 6.45) is 0. The number of nitrogens with zero attached hydrogens (tertiary/aromatic N) is 3. The molecule has 7 nitrogen and oxygen atoms in total. The van der Waals surface area contributed by atoms with Crippen LogP contribution in [-0.4, -0.2) is 54.9 Å². The van der Waals surface area contributed by atoms with Crippen molar-refractivity contribution in [2.45, 2.75) is 18.7 Å². The lowest BCUT2D eigenvalue weighted by molar-refractivity contribution is 0.0695. The predicted molar refractivity (Wildman–Crippen MR) is 87.0 cm³/mol. The van der Waals surface area contributed by atoms with Crippen molar-refractivity contribution < 1.29 is 26.5 Å². The van der Waals surface area contributed by atoms with Gasteiger partial charge in [-0.1, -0.05) is 5.16 Å². The zero-order valence-corrected chi connectivity index (χ0v) is 15.0. The van der Waals surface area contributed by atoms with Crippen LogP contribution in [0.25, 0.3) is 0 Å². The maximum absolute atomic E-state index is 13.9. The summed E-state index contributed by atoms with van der Waals surface area (Å²) in [5.41, 5.74) is 0.835. The molecule has 0 atom stereocenters. The van der Waals surface area contributed by atoms with Gasteiger partial charge < -0.3 is 9.42 Å². The predicted octanol–water partition coefficient (Wildman–Crippen LogP) is 1.72. The summed E-state index contributed by atoms with van der Waals surface area (Å²) in [6, 6.07) is 2.33. The molecule has 10 heteroatoms. The van der Waals surface area contributed by atoms with Gasteiger partial charge >= 0.3 is 0 Å². The van der Waals surface area contributed by atoms with E-state index in [2.05, 4.69) is 5.16 Å². The average molecular weight is 385 g/mol. The summed E-state index contributed by atoms with van der Waals surface area (Å²) < 4.78 is 58.1. The van der Waals surface area contributed by atoms with Gasteiger partial charge in [0, 0.05) is 32.2 Å². The standard InChI is InChI=1S/C16H17F2N3O4S/c1-10-15(11(2)25-19-10)16(22)20-5-7-21(8-6-20)26(23,24)14-4-3-12(17)9-13(14)18/h3-4,9H,5-8H2,1-2H3. The number of aromatic nitrogens is 1. The quantitative estimate of drug-likeness (QED) is 0.803. The highest BCUT2D eigenvalue weighted by atomic mass is 32.2. The molecule has 1 fully saturated rings. The molecular weight excluding hydrogens is 368 g/mol. The number of rotatable bonds is 3. The molecule has 1 saturated heterocycles. The van der Waals surface area contributed by atoms with Crippen molar-refractivity contribution in [3.63, 3.8) is 0 Å². The van der Waals surface area contributed by atoms with E-state index in [1.54, 1.807) is 13.8 Å². The van der Waals surface area contributed by atoms with Gasteiger partial charge in [-0.2, -0.15) is 4.31 Å². The highest BCUT2D eigenvalue weighted by Gasteiger charge is 2.33. The number of aryl methyl sites for hydroxylation is 2. The summed E-state index contributed by atoms with van der Waals surface area (Å²) in [5, 5.41) is 3.74. The fourth-order valence-electron chi connectivity index (χ4n) is 2.90. The normalized spacial score (nSPS) is 16.1. The smallest absolute Gasteiger partial charge is 0.259 e. The van der Waals surface area contributed by atoms with Crippen molar-refractivity contribution in [1.29, 1.82) is 0 Å². The van der Waals surface area contributed by atoms with Crippen molar-refractivity contribution in [1.82, 2.24) is 14.4 Å². The van der Waals surface area contributed by atoms with Crippen LogP contribution >= 0.6 is 0 Å². The van der Waals surface area contributed by atoms with Crippen LogP contribution in [0.3, 0.4) is 0 Å². The van der Waals surface area contributed by atoms with Crippen LogP contribution in [0, 0.1) is 25.5 Å². The van der Waals surface area contributed by atoms with Crippen LogP contribution < -0.4 is 0 Å². The van der Waals surface area contributed by atoms with Crippen LogP contribution in [0.4, 0.5) is 8.78 Å². The Balaban J connectivity index is 1.75. The molecule has 3 rings (SSSR count). The van der Waals surface area contributed by atoms with Gasteiger partial charge in [0.1, 0.15) is 27.9 Å². The van der Waals surface area contributed by atoms with Crippen LogP contribution in [0.2, 0.25) is 0 Å². The highest BCUT2D eigenvalue weighted by Crippen LogP contribution is 2.22. The van der Waals surface area contributed by atoms with Gasteiger partial charge in [0.15, 0.2) is 0 Å². The zero-order valence-electron chi connectivity index (χ0n) is 14.2. The minimum Gasteiger partial charge on any atom is -0.361 e. The first kappa shape index (κ1) is 18.5. The molecule has 0 radical (unpaired) electrons. The number of carbonyl (C=O) groups is 1. The first-order valence-electron chi connectivity index (χ1n) is 7.89. The van der Waals surface area contributed by atoms with E-state index in [4.69, 9.17) is 4.52 Å². The molecule has 2 aromatic rings. The number of sulfonamides is 1. The first-order valence-corrected chi connectivity index (χ1v) is 9.33. The number of hydrogen-bond donors (Lipinski definition) is 0. The molecule has 140 valence electrons. The Morgan fingerprint density at radius 2 is 1.81 bits per heavy atom. The molecule has 0 unspecified atom stereocenters. The second kappa shape index (κ2) is 6.76. The molecule has 1 aliphatic heterocycles. The molecule has 0 N–H and O–H groups in total. The molecule has 0 saturated carbocycles. The summed E-state index contributed by atoms with van der Waals surface area (Å²) in [7, 11) is -4.11. The summed E-state index contributed by atoms with van der Waals surface area (Å²) in [4.78, 5) is 13.5. The van der Waals surface area contributed by atoms with Crippen molar-refractivity contribution in [3.8, 4) is 0 Å². The Bertz CT molecular complexity index is 931. The molecular formula is C16H17F2N3O4S. The highest BCUT2D eigenvalue weighted by molar-refractivity contribution is 7.89. The lowest BCUT2D eigenvalue weighted by Crippen LogP contribution is -2.50. The molecule has 1 aromatic heterocycles. The van der Waals surface area contributed by atoms with Gasteiger partial charge in [0.25, 0.3) is 5.91 Å². The largest absolute Gasteiger partial charge is 0.361 e. The van der Waals surface area contributed by atoms with Crippen molar-refractivity contribution >= 4 is 15.9 Å². The van der Waals surface area contributed by atoms with E-state index in [1.165, 1.54) is 4.90 Å². The van der Waals surface area contributed by atoms with E-state index in [1.807, 2.05) is 0 Å². The van der Waals surface area contributed by atoms with Gasteiger partial charge in [-0.25, -0.2) is 17.2 Å². The van der Waals surface area contributed by atoms with Crippen LogP contribution in [0.1, 0.15) is 21.8 Å². The summed E-state index contributed by atoms with van der Waals surface area (Å²) >= 11 is 0. The fraction of sp³-hybridized carbons (Fsp3) is 0.375. The van der Waals surface area contributed by atoms with E-state index in [-0.39, 0.29) is 32.1 Å². The van der Waals surface area contributed by atoms with Gasteiger partial charge in [0.2, 0.25) is 10.0 Å². The van der Waals surface area contributed by atoms with Gasteiger partial charge in [-0.15, -0.1) is 0 Å². The van der Waals surface area contributed by atoms with Crippen LogP contribution in [0.15, 0.2) is 27.6 Å². The van der Waals surface area contributed by atoms with Crippen LogP contribution in [-0.2, 0) is 10.0 Å². The van der Waals surface area contributed by atoms with Crippen molar-refractivity contribution in [2.75, 3.05) is 26.2 Å². The fourth-order valence-corrected chi connectivity index (χ4v) is 4.37. The number of benzene rings is 1. The van der Waals surface area contributed by atoms with Crippen molar-refractivity contribution in [3.05, 3.63) is 46.9 Å². The molecule has 2 heterocycles. The SMILES string of the molecule is Cc1noc(C)c1C(=O)N1CCN(S(=O)(=O)c2ccc(F)cc2F)CC1. The summed E-state index contributed by atoms with van der Waals surface area (Å²) in [6.45, 7) is 3.59. The molecule has 1 aliphatic rings. The second-order valence-corrected chi connectivity index (χ2v) is 7.88. The summed E-state index contributed by atoms with van der Waals surface area (Å²) in [5.74, 6) is -1.88. The molecule has 0 spiro atoms. The third kappa shape index (κ3) is 3.21. The van der Waals surface area contributed by atoms with E-state index in [0.29, 0.717) is 23.1 Å². The number of hydrogen-bond acceptors (Lipinski definition) is 5. The Hall–Kier alpha value is -2.33. The van der Waals surface area contributed by atoms with Gasteiger partial charge in [-0.05, 0) is 26.0 Å². The van der Waals surface area contributed by atoms with E-state index in [9.17, 15) is 22.0 Å². The monoisotopic (exact) mass is 385 g/mol. The van der Waals surface area contributed by atoms with Crippen molar-refractivity contribution in [2.24, 2.45) is 0 Å². The maximum atomic E-state index is 13.9. The van der Waals surface area contributed by atoms with Gasteiger partial charge in [-0.3, -0.25) is 4.79 Å². The number of halogens is 2. The number of carbonyl (C=O) groups excluding carboxylic acids is 1. The van der Waals surface area contributed by atoms with Gasteiger partial charge in [0.05, 0.1) is 5.69 Å². The maximum Gasteiger partial charge on any atom is 0.259 e. The average Bonchev–Trinajstić information content (AvgIpc) is 2.92. The van der Waals surface area contributed by atoms with E-state index < -0.39 is 26.6 Å². The third-order valence-electron chi connectivity index (χ3n) is 4.28. The molecule has 1 aromatic carbocycles. The Morgan fingerprint density at radius 3 is 2.35 bits per heavy atom. The number of piperazine rings is 1. The number of amides is 1. The first-order chi connectivity index (χ1) is 12.2. The van der Waals surface area contributed by atoms with E-state index >= 15 is 0 Å². The van der Waals surface area contributed by atoms with Crippen LogP contribution in [0.5, 0.6) is 0 Å². The zero-order chi connectivity index (χ0) is 19.1. The van der Waals surface area contributed by atoms with E-state index in [0.717, 1.165) is 16.4 Å². The topological polar surface area (TPSA) is 83.7 Å². The molecule has 0 aliphatic carbocycles.